The number of esters is 1. The number of benzene rings is 2. The number of hydrogen-bond acceptors (Lipinski definition) is 4. The lowest BCUT2D eigenvalue weighted by atomic mass is 10.3. The van der Waals surface area contributed by atoms with Gasteiger partial charge in [-0.05, 0) is 36.4 Å². The van der Waals surface area contributed by atoms with Crippen LogP contribution in [-0.2, 0) is 14.6 Å². The van der Waals surface area contributed by atoms with Crippen molar-refractivity contribution >= 4 is 39.0 Å². The maximum Gasteiger partial charge on any atom is 0.312 e. The zero-order chi connectivity index (χ0) is 17.0. The smallest absolute Gasteiger partial charge is 0.312 e. The molecular weight excluding hydrogens is 366 g/mol. The standard InChI is InChI=1S/C15H11Cl2FO4S/c16-12-2-1-3-13(15(12)17)22-14(19)8-9-23(20,21)11-6-4-10(18)5-7-11/h1-7H,8-9H2. The Morgan fingerprint density at radius 2 is 1.74 bits per heavy atom. The van der Waals surface area contributed by atoms with E-state index in [0.717, 1.165) is 24.3 Å². The summed E-state index contributed by atoms with van der Waals surface area (Å²) >= 11 is 11.7. The van der Waals surface area contributed by atoms with Gasteiger partial charge in [-0.15, -0.1) is 0 Å². The first kappa shape index (κ1) is 17.7. The van der Waals surface area contributed by atoms with Gasteiger partial charge in [0.2, 0.25) is 0 Å². The quantitative estimate of drug-likeness (QED) is 0.451. The second kappa shape index (κ2) is 7.29. The Bertz CT molecular complexity index is 820. The fraction of sp³-hybridized carbons (Fsp3) is 0.133. The van der Waals surface area contributed by atoms with E-state index < -0.39 is 27.4 Å². The molecule has 0 unspecified atom stereocenters. The lowest BCUT2D eigenvalue weighted by molar-refractivity contribution is -0.133. The molecule has 122 valence electrons. The van der Waals surface area contributed by atoms with Crippen molar-refractivity contribution in [3.8, 4) is 5.75 Å². The van der Waals surface area contributed by atoms with Crippen molar-refractivity contribution in [1.29, 1.82) is 0 Å². The third-order valence-corrected chi connectivity index (χ3v) is 5.42. The molecule has 0 fully saturated rings. The maximum atomic E-state index is 12.8. The Balaban J connectivity index is 2.01. The molecule has 0 aliphatic rings. The number of ether oxygens (including phenoxy) is 1. The Hall–Kier alpha value is -1.63. The molecule has 2 rings (SSSR count). The molecule has 0 aliphatic carbocycles. The summed E-state index contributed by atoms with van der Waals surface area (Å²) in [5, 5.41) is 0.291. The van der Waals surface area contributed by atoms with Gasteiger partial charge in [-0.2, -0.15) is 0 Å². The lowest BCUT2D eigenvalue weighted by Crippen LogP contribution is -2.15. The molecule has 0 amide bonds. The van der Waals surface area contributed by atoms with Crippen LogP contribution in [0.5, 0.6) is 5.75 Å². The van der Waals surface area contributed by atoms with E-state index in [1.807, 2.05) is 0 Å². The first-order chi connectivity index (χ1) is 10.8. The predicted octanol–water partition coefficient (Wildman–Crippen LogP) is 3.90. The molecule has 0 N–H and O–H groups in total. The molecule has 0 radical (unpaired) electrons. The first-order valence-electron chi connectivity index (χ1n) is 6.42. The summed E-state index contributed by atoms with van der Waals surface area (Å²) in [6.45, 7) is 0. The van der Waals surface area contributed by atoms with Crippen LogP contribution in [0.4, 0.5) is 4.39 Å². The van der Waals surface area contributed by atoms with Crippen molar-refractivity contribution in [2.24, 2.45) is 0 Å². The average Bonchev–Trinajstić information content (AvgIpc) is 2.50. The van der Waals surface area contributed by atoms with Crippen LogP contribution >= 0.6 is 23.2 Å². The van der Waals surface area contributed by atoms with Gasteiger partial charge in [-0.25, -0.2) is 12.8 Å². The van der Waals surface area contributed by atoms with Gasteiger partial charge < -0.3 is 4.74 Å². The summed E-state index contributed by atoms with van der Waals surface area (Å²) in [5.74, 6) is -1.71. The highest BCUT2D eigenvalue weighted by atomic mass is 35.5. The number of halogens is 3. The minimum absolute atomic E-state index is 0.0587. The Morgan fingerprint density at radius 3 is 2.39 bits per heavy atom. The molecule has 0 saturated heterocycles. The molecule has 0 bridgehead atoms. The number of rotatable bonds is 5. The molecule has 2 aromatic carbocycles. The van der Waals surface area contributed by atoms with Crippen LogP contribution in [-0.4, -0.2) is 20.1 Å². The van der Waals surface area contributed by atoms with Crippen molar-refractivity contribution in [2.45, 2.75) is 11.3 Å². The summed E-state index contributed by atoms with van der Waals surface area (Å²) in [5.41, 5.74) is 0. The number of carbonyl (C=O) groups excluding carboxylic acids is 1. The summed E-state index contributed by atoms with van der Waals surface area (Å²) < 4.78 is 41.9. The lowest BCUT2D eigenvalue weighted by Gasteiger charge is -2.07. The molecule has 0 aromatic heterocycles. The van der Waals surface area contributed by atoms with Crippen molar-refractivity contribution in [3.63, 3.8) is 0 Å². The van der Waals surface area contributed by atoms with Crippen LogP contribution in [0.15, 0.2) is 47.4 Å². The van der Waals surface area contributed by atoms with Crippen molar-refractivity contribution in [3.05, 3.63) is 58.3 Å². The van der Waals surface area contributed by atoms with Gasteiger partial charge in [0, 0.05) is 0 Å². The molecule has 0 spiro atoms. The monoisotopic (exact) mass is 376 g/mol. The summed E-state index contributed by atoms with van der Waals surface area (Å²) in [7, 11) is -3.71. The third-order valence-electron chi connectivity index (χ3n) is 2.89. The third kappa shape index (κ3) is 4.67. The molecule has 4 nitrogen and oxygen atoms in total. The van der Waals surface area contributed by atoms with E-state index in [0.29, 0.717) is 0 Å². The van der Waals surface area contributed by atoms with E-state index >= 15 is 0 Å². The Kier molecular flexibility index (Phi) is 5.62. The first-order valence-corrected chi connectivity index (χ1v) is 8.83. The fourth-order valence-corrected chi connectivity index (χ4v) is 3.27. The molecular formula is C15H11Cl2FO4S. The highest BCUT2D eigenvalue weighted by Gasteiger charge is 2.18. The fourth-order valence-electron chi connectivity index (χ4n) is 1.71. The Labute approximate surface area is 142 Å². The Morgan fingerprint density at radius 1 is 1.09 bits per heavy atom. The van der Waals surface area contributed by atoms with Crippen LogP contribution in [0, 0.1) is 5.82 Å². The molecule has 0 saturated carbocycles. The minimum Gasteiger partial charge on any atom is -0.425 e. The van der Waals surface area contributed by atoms with Crippen molar-refractivity contribution < 1.29 is 22.3 Å². The average molecular weight is 377 g/mol. The predicted molar refractivity (Wildman–Crippen MR) is 85.2 cm³/mol. The molecule has 0 atom stereocenters. The molecule has 8 heteroatoms. The zero-order valence-corrected chi connectivity index (χ0v) is 14.0. The summed E-state index contributed by atoms with van der Waals surface area (Å²) in [6, 6.07) is 8.88. The largest absolute Gasteiger partial charge is 0.425 e. The second-order valence-electron chi connectivity index (χ2n) is 4.55. The molecule has 2 aromatic rings. The SMILES string of the molecule is O=C(CCS(=O)(=O)c1ccc(F)cc1)Oc1cccc(Cl)c1Cl. The van der Waals surface area contributed by atoms with E-state index in [1.165, 1.54) is 12.1 Å². The van der Waals surface area contributed by atoms with Crippen LogP contribution in [0.25, 0.3) is 0 Å². The van der Waals surface area contributed by atoms with Crippen molar-refractivity contribution in [2.75, 3.05) is 5.75 Å². The second-order valence-corrected chi connectivity index (χ2v) is 7.44. The molecule has 0 heterocycles. The van der Waals surface area contributed by atoms with Crippen LogP contribution in [0.1, 0.15) is 6.42 Å². The topological polar surface area (TPSA) is 60.4 Å². The normalized spacial score (nSPS) is 11.3. The summed E-state index contributed by atoms with van der Waals surface area (Å²) in [6.07, 6.45) is -0.372. The van der Waals surface area contributed by atoms with Gasteiger partial charge in [0.25, 0.3) is 0 Å². The van der Waals surface area contributed by atoms with Gasteiger partial charge in [0.1, 0.15) is 10.8 Å². The van der Waals surface area contributed by atoms with E-state index in [9.17, 15) is 17.6 Å². The highest BCUT2D eigenvalue weighted by Crippen LogP contribution is 2.31. The van der Waals surface area contributed by atoms with Crippen LogP contribution in [0.2, 0.25) is 10.0 Å². The number of hydrogen-bond donors (Lipinski definition) is 0. The van der Waals surface area contributed by atoms with E-state index in [1.54, 1.807) is 6.07 Å². The number of sulfone groups is 1. The van der Waals surface area contributed by atoms with E-state index in [-0.39, 0.29) is 27.1 Å². The number of carbonyl (C=O) groups is 1. The van der Waals surface area contributed by atoms with Gasteiger partial charge in [-0.3, -0.25) is 4.79 Å². The highest BCUT2D eigenvalue weighted by molar-refractivity contribution is 7.91. The van der Waals surface area contributed by atoms with Crippen LogP contribution < -0.4 is 4.74 Å². The molecule has 23 heavy (non-hydrogen) atoms. The van der Waals surface area contributed by atoms with Gasteiger partial charge in [0.05, 0.1) is 22.1 Å². The summed E-state index contributed by atoms with van der Waals surface area (Å²) in [4.78, 5) is 11.7. The van der Waals surface area contributed by atoms with Crippen molar-refractivity contribution in [1.82, 2.24) is 0 Å². The van der Waals surface area contributed by atoms with E-state index in [4.69, 9.17) is 27.9 Å². The minimum atomic E-state index is -3.71. The van der Waals surface area contributed by atoms with Gasteiger partial charge in [0.15, 0.2) is 15.6 Å². The zero-order valence-electron chi connectivity index (χ0n) is 11.6. The maximum absolute atomic E-state index is 12.8. The van der Waals surface area contributed by atoms with E-state index in [2.05, 4.69) is 0 Å². The van der Waals surface area contributed by atoms with Gasteiger partial charge >= 0.3 is 5.97 Å². The van der Waals surface area contributed by atoms with Crippen LogP contribution in [0.3, 0.4) is 0 Å². The van der Waals surface area contributed by atoms with Gasteiger partial charge in [-0.1, -0.05) is 29.3 Å². The molecule has 0 aliphatic heterocycles.